The second-order valence-corrected chi connectivity index (χ2v) is 5.52. The van der Waals surface area contributed by atoms with Crippen LogP contribution in [-0.2, 0) is 11.2 Å². The predicted molar refractivity (Wildman–Crippen MR) is 92.7 cm³/mol. The number of ether oxygens (including phenoxy) is 2. The number of halogens is 1. The smallest absolute Gasteiger partial charge is 0.224 e. The Bertz CT molecular complexity index is 701. The molecule has 1 N–H and O–H groups in total. The average molecular weight is 334 g/mol. The fraction of sp³-hybridized carbons (Fsp3) is 0.278. The Labute approximate surface area is 141 Å². The summed E-state index contributed by atoms with van der Waals surface area (Å²) in [6.07, 6.45) is 0.904. The van der Waals surface area contributed by atoms with Gasteiger partial charge < -0.3 is 14.8 Å². The molecule has 0 radical (unpaired) electrons. The molecule has 0 atom stereocenters. The summed E-state index contributed by atoms with van der Waals surface area (Å²) >= 11 is 6.06. The Morgan fingerprint density at radius 2 is 1.87 bits per heavy atom. The standard InChI is InChI=1S/C18H20ClNO3/c1-12-14(19)7-5-8-15(12)20-17(21)11-10-13-6-4-9-16(22-2)18(13)23-3/h4-9H,10-11H2,1-3H3,(H,20,21). The van der Waals surface area contributed by atoms with E-state index < -0.39 is 0 Å². The van der Waals surface area contributed by atoms with Crippen LogP contribution in [0.5, 0.6) is 11.5 Å². The number of para-hydroxylation sites is 1. The molecule has 0 bridgehead atoms. The van der Waals surface area contributed by atoms with Gasteiger partial charge >= 0.3 is 0 Å². The quantitative estimate of drug-likeness (QED) is 0.860. The number of nitrogens with one attached hydrogen (secondary N) is 1. The highest BCUT2D eigenvalue weighted by molar-refractivity contribution is 6.31. The van der Waals surface area contributed by atoms with Crippen LogP contribution in [0.2, 0.25) is 5.02 Å². The summed E-state index contributed by atoms with van der Waals surface area (Å²) in [7, 11) is 3.19. The summed E-state index contributed by atoms with van der Waals surface area (Å²) in [6.45, 7) is 1.88. The summed E-state index contributed by atoms with van der Waals surface area (Å²) in [5.41, 5.74) is 2.53. The molecule has 23 heavy (non-hydrogen) atoms. The van der Waals surface area contributed by atoms with E-state index >= 15 is 0 Å². The average Bonchev–Trinajstić information content (AvgIpc) is 2.56. The monoisotopic (exact) mass is 333 g/mol. The van der Waals surface area contributed by atoms with Crippen molar-refractivity contribution in [1.82, 2.24) is 0 Å². The number of aryl methyl sites for hydroxylation is 1. The fourth-order valence-corrected chi connectivity index (χ4v) is 2.53. The van der Waals surface area contributed by atoms with E-state index in [2.05, 4.69) is 5.32 Å². The third kappa shape index (κ3) is 4.17. The first-order chi connectivity index (χ1) is 11.1. The number of methoxy groups -OCH3 is 2. The van der Waals surface area contributed by atoms with Crippen molar-refractivity contribution in [3.05, 3.63) is 52.5 Å². The first-order valence-electron chi connectivity index (χ1n) is 7.31. The third-order valence-electron chi connectivity index (χ3n) is 3.65. The molecule has 0 saturated carbocycles. The minimum Gasteiger partial charge on any atom is -0.493 e. The van der Waals surface area contributed by atoms with Crippen LogP contribution in [-0.4, -0.2) is 20.1 Å². The molecule has 0 aliphatic rings. The van der Waals surface area contributed by atoms with Crippen molar-refractivity contribution in [3.8, 4) is 11.5 Å². The van der Waals surface area contributed by atoms with E-state index in [-0.39, 0.29) is 5.91 Å². The molecule has 4 nitrogen and oxygen atoms in total. The highest BCUT2D eigenvalue weighted by Gasteiger charge is 2.12. The Kier molecular flexibility index (Phi) is 5.88. The molecule has 2 rings (SSSR count). The van der Waals surface area contributed by atoms with Gasteiger partial charge in [-0.1, -0.05) is 29.8 Å². The molecule has 5 heteroatoms. The van der Waals surface area contributed by atoms with Crippen LogP contribution in [0.25, 0.3) is 0 Å². The number of hydrogen-bond acceptors (Lipinski definition) is 3. The van der Waals surface area contributed by atoms with Crippen molar-refractivity contribution < 1.29 is 14.3 Å². The SMILES string of the molecule is COc1cccc(CCC(=O)Nc2cccc(Cl)c2C)c1OC. The van der Waals surface area contributed by atoms with Crippen molar-refractivity contribution in [2.45, 2.75) is 19.8 Å². The number of hydrogen-bond donors (Lipinski definition) is 1. The number of amides is 1. The molecule has 0 heterocycles. The Balaban J connectivity index is 2.04. The molecule has 0 saturated heterocycles. The van der Waals surface area contributed by atoms with Gasteiger partial charge in [-0.05, 0) is 42.7 Å². The van der Waals surface area contributed by atoms with E-state index in [4.69, 9.17) is 21.1 Å². The Morgan fingerprint density at radius 3 is 2.57 bits per heavy atom. The molecular weight excluding hydrogens is 314 g/mol. The number of carbonyl (C=O) groups excluding carboxylic acids is 1. The number of carbonyl (C=O) groups is 1. The van der Waals surface area contributed by atoms with Crippen LogP contribution in [0, 0.1) is 6.92 Å². The molecule has 0 spiro atoms. The Morgan fingerprint density at radius 1 is 1.13 bits per heavy atom. The van der Waals surface area contributed by atoms with E-state index in [1.165, 1.54) is 0 Å². The van der Waals surface area contributed by atoms with Crippen molar-refractivity contribution in [1.29, 1.82) is 0 Å². The second kappa shape index (κ2) is 7.88. The minimum absolute atomic E-state index is 0.0692. The largest absolute Gasteiger partial charge is 0.493 e. The number of rotatable bonds is 6. The molecule has 122 valence electrons. The van der Waals surface area contributed by atoms with Gasteiger partial charge in [-0.15, -0.1) is 0 Å². The molecule has 0 aliphatic heterocycles. The van der Waals surface area contributed by atoms with Gasteiger partial charge in [0.2, 0.25) is 5.91 Å². The van der Waals surface area contributed by atoms with Crippen LogP contribution in [0.4, 0.5) is 5.69 Å². The van der Waals surface area contributed by atoms with Gasteiger partial charge in [0.05, 0.1) is 14.2 Å². The number of anilines is 1. The topological polar surface area (TPSA) is 47.6 Å². The summed E-state index contributed by atoms with van der Waals surface area (Å²) in [5.74, 6) is 1.26. The minimum atomic E-state index is -0.0692. The summed E-state index contributed by atoms with van der Waals surface area (Å²) in [5, 5.41) is 3.53. The maximum atomic E-state index is 12.2. The first kappa shape index (κ1) is 17.2. The molecular formula is C18H20ClNO3. The van der Waals surface area contributed by atoms with Gasteiger partial charge in [0.1, 0.15) is 0 Å². The van der Waals surface area contributed by atoms with Crippen molar-refractivity contribution in [2.24, 2.45) is 0 Å². The zero-order valence-electron chi connectivity index (χ0n) is 13.5. The number of benzene rings is 2. The lowest BCUT2D eigenvalue weighted by Crippen LogP contribution is -2.13. The molecule has 0 aromatic heterocycles. The van der Waals surface area contributed by atoms with Crippen molar-refractivity contribution in [2.75, 3.05) is 19.5 Å². The predicted octanol–water partition coefficient (Wildman–Crippen LogP) is 4.24. The second-order valence-electron chi connectivity index (χ2n) is 5.11. The van der Waals surface area contributed by atoms with E-state index in [1.807, 2.05) is 37.3 Å². The van der Waals surface area contributed by atoms with Crippen LogP contribution < -0.4 is 14.8 Å². The van der Waals surface area contributed by atoms with Gasteiger partial charge in [0.25, 0.3) is 0 Å². The summed E-state index contributed by atoms with van der Waals surface area (Å²) in [6, 6.07) is 11.1. The maximum Gasteiger partial charge on any atom is 0.224 e. The molecule has 1 amide bonds. The maximum absolute atomic E-state index is 12.2. The molecule has 2 aromatic rings. The van der Waals surface area contributed by atoms with Crippen LogP contribution in [0.15, 0.2) is 36.4 Å². The van der Waals surface area contributed by atoms with Crippen LogP contribution in [0.3, 0.4) is 0 Å². The normalized spacial score (nSPS) is 10.3. The van der Waals surface area contributed by atoms with Gasteiger partial charge in [-0.25, -0.2) is 0 Å². The molecule has 0 aliphatic carbocycles. The van der Waals surface area contributed by atoms with Crippen molar-refractivity contribution >= 4 is 23.2 Å². The summed E-state index contributed by atoms with van der Waals surface area (Å²) < 4.78 is 10.6. The lowest BCUT2D eigenvalue weighted by atomic mass is 10.1. The van der Waals surface area contributed by atoms with Gasteiger partial charge in [-0.3, -0.25) is 4.79 Å². The Hall–Kier alpha value is -2.20. The van der Waals surface area contributed by atoms with Crippen molar-refractivity contribution in [3.63, 3.8) is 0 Å². The van der Waals surface area contributed by atoms with Crippen LogP contribution >= 0.6 is 11.6 Å². The fourth-order valence-electron chi connectivity index (χ4n) is 2.35. The summed E-state index contributed by atoms with van der Waals surface area (Å²) in [4.78, 5) is 12.2. The highest BCUT2D eigenvalue weighted by Crippen LogP contribution is 2.31. The van der Waals surface area contributed by atoms with E-state index in [1.54, 1.807) is 20.3 Å². The highest BCUT2D eigenvalue weighted by atomic mass is 35.5. The lowest BCUT2D eigenvalue weighted by Gasteiger charge is -2.13. The van der Waals surface area contributed by atoms with Gasteiger partial charge in [0, 0.05) is 17.1 Å². The van der Waals surface area contributed by atoms with Crippen LogP contribution in [0.1, 0.15) is 17.5 Å². The van der Waals surface area contributed by atoms with E-state index in [9.17, 15) is 4.79 Å². The zero-order valence-corrected chi connectivity index (χ0v) is 14.2. The molecule has 2 aromatic carbocycles. The molecule has 0 unspecified atom stereocenters. The third-order valence-corrected chi connectivity index (χ3v) is 4.06. The van der Waals surface area contributed by atoms with Gasteiger partial charge in [0.15, 0.2) is 11.5 Å². The molecule has 0 fully saturated rings. The lowest BCUT2D eigenvalue weighted by molar-refractivity contribution is -0.116. The zero-order chi connectivity index (χ0) is 16.8. The van der Waals surface area contributed by atoms with Gasteiger partial charge in [-0.2, -0.15) is 0 Å². The van der Waals surface area contributed by atoms with E-state index in [0.717, 1.165) is 16.8 Å². The first-order valence-corrected chi connectivity index (χ1v) is 7.69. The van der Waals surface area contributed by atoms with E-state index in [0.29, 0.717) is 29.4 Å².